The Morgan fingerprint density at radius 1 is 0.962 bits per heavy atom. The first kappa shape index (κ1) is 20.4. The van der Waals surface area contributed by atoms with Crippen LogP contribution in [0.4, 0.5) is 0 Å². The van der Waals surface area contributed by atoms with E-state index in [1.807, 2.05) is 33.8 Å². The van der Waals surface area contributed by atoms with Crippen molar-refractivity contribution >= 4 is 19.8 Å². The fraction of sp³-hybridized carbons (Fsp3) is 0.300. The van der Waals surface area contributed by atoms with Crippen LogP contribution in [-0.2, 0) is 19.8 Å². The molecule has 2 rings (SSSR count). The maximum Gasteiger partial charge on any atom is 0.290 e. The molecule has 0 radical (unpaired) electrons. The molecule has 0 fully saturated rings. The summed E-state index contributed by atoms with van der Waals surface area (Å²) in [6, 6.07) is 15.0. The van der Waals surface area contributed by atoms with Crippen LogP contribution in [0.1, 0.15) is 32.8 Å². The van der Waals surface area contributed by atoms with E-state index in [0.717, 1.165) is 5.56 Å². The second-order valence-electron chi connectivity index (χ2n) is 6.43. The maximum atomic E-state index is 13.9. The average Bonchev–Trinajstić information content (AvgIpc) is 2.60. The predicted octanol–water partition coefficient (Wildman–Crippen LogP) is 5.16. The highest BCUT2D eigenvalue weighted by Gasteiger charge is 2.24. The van der Waals surface area contributed by atoms with E-state index in [0.29, 0.717) is 16.2 Å². The van der Waals surface area contributed by atoms with Gasteiger partial charge in [-0.2, -0.15) is 8.42 Å². The van der Waals surface area contributed by atoms with Crippen LogP contribution < -0.4 is 0 Å². The second-order valence-corrected chi connectivity index (χ2v) is 10.5. The number of rotatable bonds is 6. The number of hydrogen-bond acceptors (Lipinski definition) is 3. The van der Waals surface area contributed by atoms with Crippen molar-refractivity contribution in [2.24, 2.45) is 9.69 Å². The summed E-state index contributed by atoms with van der Waals surface area (Å²) < 4.78 is 43.6. The fourth-order valence-electron chi connectivity index (χ4n) is 2.52. The van der Waals surface area contributed by atoms with Gasteiger partial charge in [0.2, 0.25) is 0 Å². The molecular weight excluding hydrogens is 366 g/mol. The van der Waals surface area contributed by atoms with E-state index in [4.69, 9.17) is 0 Å². The van der Waals surface area contributed by atoms with Crippen molar-refractivity contribution in [2.75, 3.05) is 0 Å². The van der Waals surface area contributed by atoms with Crippen molar-refractivity contribution in [3.05, 3.63) is 71.1 Å². The van der Waals surface area contributed by atoms with Crippen molar-refractivity contribution in [2.45, 2.75) is 43.9 Å². The molecule has 140 valence electrons. The number of allylic oxidation sites excluding steroid dienone is 2. The summed E-state index contributed by atoms with van der Waals surface area (Å²) in [5.41, 5.74) is 0.946. The number of hydrogen-bond donors (Lipinski definition) is 0. The van der Waals surface area contributed by atoms with E-state index >= 15 is 0 Å². The van der Waals surface area contributed by atoms with Gasteiger partial charge in [0.05, 0.1) is 9.79 Å². The minimum atomic E-state index is -4.07. The molecule has 1 unspecified atom stereocenters. The molecule has 0 aliphatic carbocycles. The molecule has 26 heavy (non-hydrogen) atoms. The number of aryl methyl sites for hydroxylation is 1. The Morgan fingerprint density at radius 3 is 2.04 bits per heavy atom. The van der Waals surface area contributed by atoms with Gasteiger partial charge in [-0.3, -0.25) is 0 Å². The highest BCUT2D eigenvalue weighted by atomic mass is 32.3. The summed E-state index contributed by atoms with van der Waals surface area (Å²) in [5.74, 6) is 0.131. The summed E-state index contributed by atoms with van der Waals surface area (Å²) in [4.78, 5) is 0.991. The molecule has 0 aliphatic heterocycles. The summed E-state index contributed by atoms with van der Waals surface area (Å²) >= 11 is 0. The lowest BCUT2D eigenvalue weighted by Crippen LogP contribution is -2.10. The molecule has 0 saturated heterocycles. The third-order valence-electron chi connectivity index (χ3n) is 3.81. The van der Waals surface area contributed by atoms with Crippen LogP contribution in [0, 0.1) is 12.8 Å². The largest absolute Gasteiger partial charge is 0.290 e. The third kappa shape index (κ3) is 4.62. The molecule has 0 N–H and O–H groups in total. The van der Waals surface area contributed by atoms with E-state index in [-0.39, 0.29) is 10.8 Å². The van der Waals surface area contributed by atoms with Gasteiger partial charge in [0.15, 0.2) is 0 Å². The zero-order valence-corrected chi connectivity index (χ0v) is 17.2. The molecule has 2 aromatic rings. The van der Waals surface area contributed by atoms with Crippen LogP contribution in [0.15, 0.2) is 79.1 Å². The van der Waals surface area contributed by atoms with Crippen molar-refractivity contribution < 1.29 is 12.6 Å². The summed E-state index contributed by atoms with van der Waals surface area (Å²) in [6.45, 7) is 7.68. The predicted molar refractivity (Wildman–Crippen MR) is 107 cm³/mol. The molecule has 6 heteroatoms. The molecule has 0 saturated carbocycles. The highest BCUT2D eigenvalue weighted by molar-refractivity contribution is 8.05. The van der Waals surface area contributed by atoms with Crippen LogP contribution in [0.2, 0.25) is 0 Å². The summed E-state index contributed by atoms with van der Waals surface area (Å²) in [6.07, 6.45) is 2.31. The lowest BCUT2D eigenvalue weighted by Gasteiger charge is -2.14. The van der Waals surface area contributed by atoms with Gasteiger partial charge in [0.25, 0.3) is 10.0 Å². The Labute approximate surface area is 157 Å². The Kier molecular flexibility index (Phi) is 6.42. The molecule has 0 amide bonds. The van der Waals surface area contributed by atoms with E-state index in [1.165, 1.54) is 12.1 Å². The first-order chi connectivity index (χ1) is 12.2. The van der Waals surface area contributed by atoms with E-state index in [9.17, 15) is 12.6 Å². The van der Waals surface area contributed by atoms with Gasteiger partial charge in [0, 0.05) is 4.91 Å². The molecule has 0 spiro atoms. The maximum absolute atomic E-state index is 13.9. The van der Waals surface area contributed by atoms with Gasteiger partial charge in [0.1, 0.15) is 9.73 Å². The van der Waals surface area contributed by atoms with Crippen LogP contribution >= 0.6 is 0 Å². The molecule has 4 nitrogen and oxygen atoms in total. The van der Waals surface area contributed by atoms with Gasteiger partial charge < -0.3 is 0 Å². The van der Waals surface area contributed by atoms with Gasteiger partial charge in [-0.1, -0.05) is 66.5 Å². The summed E-state index contributed by atoms with van der Waals surface area (Å²) in [7, 11) is -7.34. The minimum absolute atomic E-state index is 0.0479. The minimum Gasteiger partial charge on any atom is -0.239 e. The monoisotopic (exact) mass is 391 g/mol. The number of sulfonamides is 1. The Balaban J connectivity index is 2.78. The van der Waals surface area contributed by atoms with Crippen molar-refractivity contribution in [3.8, 4) is 0 Å². The number of nitrogens with zero attached hydrogens (tertiary/aromatic N) is 1. The van der Waals surface area contributed by atoms with E-state index in [1.54, 1.807) is 42.5 Å². The SMILES string of the molecule is CC/C(=C\C(C)C)S(=O)(=NS(=O)(=O)c1ccc(C)cc1)c1ccccc1. The van der Waals surface area contributed by atoms with Crippen LogP contribution in [-0.4, -0.2) is 12.6 Å². The van der Waals surface area contributed by atoms with Crippen molar-refractivity contribution in [3.63, 3.8) is 0 Å². The van der Waals surface area contributed by atoms with E-state index in [2.05, 4.69) is 3.77 Å². The Hall–Kier alpha value is -1.92. The van der Waals surface area contributed by atoms with Gasteiger partial charge in [-0.25, -0.2) is 4.21 Å². The van der Waals surface area contributed by atoms with E-state index < -0.39 is 19.8 Å². The molecule has 1 atom stereocenters. The Morgan fingerprint density at radius 2 is 1.54 bits per heavy atom. The smallest absolute Gasteiger partial charge is 0.239 e. The first-order valence-electron chi connectivity index (χ1n) is 8.55. The quantitative estimate of drug-likeness (QED) is 0.683. The lowest BCUT2D eigenvalue weighted by atomic mass is 10.2. The zero-order valence-electron chi connectivity index (χ0n) is 15.5. The molecule has 0 aromatic heterocycles. The molecule has 0 aliphatic rings. The Bertz CT molecular complexity index is 997. The van der Waals surface area contributed by atoms with Gasteiger partial charge in [-0.15, -0.1) is 0 Å². The fourth-order valence-corrected chi connectivity index (χ4v) is 6.85. The molecule has 0 bridgehead atoms. The van der Waals surface area contributed by atoms with Gasteiger partial charge >= 0.3 is 0 Å². The van der Waals surface area contributed by atoms with Crippen LogP contribution in [0.3, 0.4) is 0 Å². The molecule has 0 heterocycles. The van der Waals surface area contributed by atoms with Crippen molar-refractivity contribution in [1.82, 2.24) is 0 Å². The topological polar surface area (TPSA) is 63.6 Å². The van der Waals surface area contributed by atoms with Crippen molar-refractivity contribution in [1.29, 1.82) is 0 Å². The third-order valence-corrected chi connectivity index (χ3v) is 8.35. The average molecular weight is 392 g/mol. The first-order valence-corrected chi connectivity index (χ1v) is 11.5. The van der Waals surface area contributed by atoms with Crippen LogP contribution in [0.25, 0.3) is 0 Å². The molecule has 2 aromatic carbocycles. The molecular formula is C20H25NO3S2. The number of benzene rings is 2. The van der Waals surface area contributed by atoms with Crippen LogP contribution in [0.5, 0.6) is 0 Å². The zero-order chi connectivity index (χ0) is 19.4. The standard InChI is InChI=1S/C20H25NO3S2/c1-5-18(15-16(2)3)25(22,19-9-7-6-8-10-19)21-26(23,24)20-13-11-17(4)12-14-20/h6-16H,5H2,1-4H3/b18-15+. The lowest BCUT2D eigenvalue weighted by molar-refractivity contribution is 0.598. The summed E-state index contributed by atoms with van der Waals surface area (Å²) in [5, 5.41) is 0. The highest BCUT2D eigenvalue weighted by Crippen LogP contribution is 2.29. The van der Waals surface area contributed by atoms with Gasteiger partial charge in [-0.05, 0) is 43.5 Å². The normalized spacial score (nSPS) is 14.9. The second kappa shape index (κ2) is 8.18.